The predicted octanol–water partition coefficient (Wildman–Crippen LogP) is 2.76. The highest BCUT2D eigenvalue weighted by atomic mass is 19.2. The number of pyridine rings is 1. The van der Waals surface area contributed by atoms with E-state index in [-0.39, 0.29) is 24.0 Å². The van der Waals surface area contributed by atoms with Crippen LogP contribution in [0.3, 0.4) is 0 Å². The normalized spacial score (nSPS) is 11.0. The molecule has 0 spiro atoms. The number of rotatable bonds is 4. The van der Waals surface area contributed by atoms with Crippen LogP contribution in [0.15, 0.2) is 18.2 Å². The Hall–Kier alpha value is -2.24. The van der Waals surface area contributed by atoms with Gasteiger partial charge >= 0.3 is 0 Å². The van der Waals surface area contributed by atoms with Crippen molar-refractivity contribution in [3.05, 3.63) is 35.5 Å². The maximum Gasteiger partial charge on any atom is 0.239 e. The van der Waals surface area contributed by atoms with Gasteiger partial charge in [-0.05, 0) is 39.0 Å². The van der Waals surface area contributed by atoms with Crippen molar-refractivity contribution in [1.29, 1.82) is 0 Å². The van der Waals surface area contributed by atoms with Gasteiger partial charge in [-0.3, -0.25) is 4.79 Å². The van der Waals surface area contributed by atoms with Crippen LogP contribution >= 0.6 is 0 Å². The summed E-state index contributed by atoms with van der Waals surface area (Å²) in [6.45, 7) is 5.46. The zero-order valence-corrected chi connectivity index (χ0v) is 12.1. The van der Waals surface area contributed by atoms with Crippen LogP contribution in [0.2, 0.25) is 0 Å². The van der Waals surface area contributed by atoms with Gasteiger partial charge in [0.25, 0.3) is 0 Å². The molecule has 0 atom stereocenters. The van der Waals surface area contributed by atoms with Crippen LogP contribution in [-0.2, 0) is 4.79 Å². The molecule has 0 saturated carbocycles. The summed E-state index contributed by atoms with van der Waals surface area (Å²) in [4.78, 5) is 15.7. The number of carbonyl (C=O) groups excluding carboxylic acids is 1. The molecule has 112 valence electrons. The van der Waals surface area contributed by atoms with Gasteiger partial charge in [0.05, 0.1) is 6.54 Å². The van der Waals surface area contributed by atoms with E-state index < -0.39 is 11.6 Å². The van der Waals surface area contributed by atoms with Gasteiger partial charge in [0, 0.05) is 22.8 Å². The molecule has 0 aliphatic rings. The minimum atomic E-state index is -0.981. The van der Waals surface area contributed by atoms with Crippen molar-refractivity contribution in [2.24, 2.45) is 0 Å². The molecule has 0 unspecified atom stereocenters. The van der Waals surface area contributed by atoms with Crippen molar-refractivity contribution in [3.63, 3.8) is 0 Å². The molecule has 1 aromatic carbocycles. The first kappa shape index (κ1) is 15.2. The average Bonchev–Trinajstić information content (AvgIpc) is 2.40. The predicted molar refractivity (Wildman–Crippen MR) is 78.2 cm³/mol. The smallest absolute Gasteiger partial charge is 0.239 e. The molecule has 21 heavy (non-hydrogen) atoms. The number of benzene rings is 1. The number of carbonyl (C=O) groups is 1. The molecule has 0 bridgehead atoms. The molecule has 0 fully saturated rings. The molecular formula is C15H17F2N3O. The molecule has 2 N–H and O–H groups in total. The van der Waals surface area contributed by atoms with Gasteiger partial charge in [-0.15, -0.1) is 0 Å². The van der Waals surface area contributed by atoms with Crippen molar-refractivity contribution in [2.45, 2.75) is 26.8 Å². The molecule has 2 aromatic rings. The van der Waals surface area contributed by atoms with Crippen molar-refractivity contribution in [2.75, 3.05) is 11.9 Å². The fourth-order valence-electron chi connectivity index (χ4n) is 2.06. The molecule has 6 heteroatoms. The molecule has 4 nitrogen and oxygen atoms in total. The second-order valence-electron chi connectivity index (χ2n) is 5.14. The Balaban J connectivity index is 2.32. The van der Waals surface area contributed by atoms with Gasteiger partial charge in [-0.25, -0.2) is 13.8 Å². The van der Waals surface area contributed by atoms with E-state index in [1.54, 1.807) is 13.0 Å². The molecule has 2 rings (SSSR count). The van der Waals surface area contributed by atoms with Crippen molar-refractivity contribution < 1.29 is 13.6 Å². The summed E-state index contributed by atoms with van der Waals surface area (Å²) >= 11 is 0. The number of nitrogens with one attached hydrogen (secondary N) is 2. The van der Waals surface area contributed by atoms with E-state index in [0.29, 0.717) is 16.8 Å². The van der Waals surface area contributed by atoms with E-state index in [1.165, 1.54) is 6.07 Å². The molecule has 1 amide bonds. The van der Waals surface area contributed by atoms with Gasteiger partial charge in [-0.2, -0.15) is 0 Å². The van der Waals surface area contributed by atoms with Crippen LogP contribution in [-0.4, -0.2) is 23.5 Å². The highest BCUT2D eigenvalue weighted by molar-refractivity contribution is 5.93. The molecule has 0 aliphatic heterocycles. The van der Waals surface area contributed by atoms with Gasteiger partial charge in [0.1, 0.15) is 5.52 Å². The first-order valence-corrected chi connectivity index (χ1v) is 6.67. The van der Waals surface area contributed by atoms with Gasteiger partial charge in [-0.1, -0.05) is 0 Å². The van der Waals surface area contributed by atoms with Crippen LogP contribution in [0.1, 0.15) is 19.5 Å². The van der Waals surface area contributed by atoms with Gasteiger partial charge in [0.2, 0.25) is 5.91 Å². The number of aromatic nitrogens is 1. The first-order chi connectivity index (χ1) is 9.88. The summed E-state index contributed by atoms with van der Waals surface area (Å²) in [5.41, 5.74) is 1.05. The maximum atomic E-state index is 13.8. The molecule has 1 aromatic heterocycles. The lowest BCUT2D eigenvalue weighted by atomic mass is 10.1. The van der Waals surface area contributed by atoms with Crippen molar-refractivity contribution in [3.8, 4) is 0 Å². The largest absolute Gasteiger partial charge is 0.376 e. The maximum absolute atomic E-state index is 13.8. The second-order valence-corrected chi connectivity index (χ2v) is 5.14. The number of amides is 1. The number of aryl methyl sites for hydroxylation is 1. The third kappa shape index (κ3) is 3.45. The highest BCUT2D eigenvalue weighted by Gasteiger charge is 2.13. The SMILES string of the molecule is Cc1cc(NCC(=O)NC(C)C)c2ccc(F)c(F)c2n1. The quantitative estimate of drug-likeness (QED) is 0.911. The van der Waals surface area contributed by atoms with E-state index in [1.807, 2.05) is 13.8 Å². The highest BCUT2D eigenvalue weighted by Crippen LogP contribution is 2.26. The topological polar surface area (TPSA) is 54.0 Å². The third-order valence-corrected chi connectivity index (χ3v) is 2.89. The van der Waals surface area contributed by atoms with Crippen LogP contribution < -0.4 is 10.6 Å². The lowest BCUT2D eigenvalue weighted by molar-refractivity contribution is -0.119. The molecule has 0 saturated heterocycles. The Morgan fingerprint density at radius 1 is 1.33 bits per heavy atom. The number of nitrogens with zero attached hydrogens (tertiary/aromatic N) is 1. The Morgan fingerprint density at radius 2 is 2.05 bits per heavy atom. The van der Waals surface area contributed by atoms with Crippen LogP contribution in [0.4, 0.5) is 14.5 Å². The Bertz CT molecular complexity index is 686. The number of halogens is 2. The summed E-state index contributed by atoms with van der Waals surface area (Å²) in [5.74, 6) is -2.09. The fraction of sp³-hybridized carbons (Fsp3) is 0.333. The number of hydrogen-bond acceptors (Lipinski definition) is 3. The van der Waals surface area contributed by atoms with Crippen LogP contribution in [0.5, 0.6) is 0 Å². The second kappa shape index (κ2) is 6.03. The minimum Gasteiger partial charge on any atom is -0.376 e. The van der Waals surface area contributed by atoms with E-state index in [9.17, 15) is 13.6 Å². The lowest BCUT2D eigenvalue weighted by Crippen LogP contribution is -2.34. The summed E-state index contributed by atoms with van der Waals surface area (Å²) in [6.07, 6.45) is 0. The van der Waals surface area contributed by atoms with E-state index in [2.05, 4.69) is 15.6 Å². The number of anilines is 1. The monoisotopic (exact) mass is 293 g/mol. The summed E-state index contributed by atoms with van der Waals surface area (Å²) in [6, 6.07) is 4.24. The number of hydrogen-bond donors (Lipinski definition) is 2. The summed E-state index contributed by atoms with van der Waals surface area (Å²) in [5, 5.41) is 6.13. The third-order valence-electron chi connectivity index (χ3n) is 2.89. The van der Waals surface area contributed by atoms with Gasteiger partial charge < -0.3 is 10.6 Å². The zero-order valence-electron chi connectivity index (χ0n) is 12.1. The van der Waals surface area contributed by atoms with E-state index in [4.69, 9.17) is 0 Å². The van der Waals surface area contributed by atoms with Crippen LogP contribution in [0, 0.1) is 18.6 Å². The average molecular weight is 293 g/mol. The molecular weight excluding hydrogens is 276 g/mol. The van der Waals surface area contributed by atoms with Gasteiger partial charge in [0.15, 0.2) is 11.6 Å². The summed E-state index contributed by atoms with van der Waals surface area (Å²) < 4.78 is 27.1. The summed E-state index contributed by atoms with van der Waals surface area (Å²) in [7, 11) is 0. The van der Waals surface area contributed by atoms with Crippen LogP contribution in [0.25, 0.3) is 10.9 Å². The van der Waals surface area contributed by atoms with E-state index >= 15 is 0 Å². The zero-order chi connectivity index (χ0) is 15.6. The molecule has 0 aliphatic carbocycles. The van der Waals surface area contributed by atoms with Crippen molar-refractivity contribution >= 4 is 22.5 Å². The van der Waals surface area contributed by atoms with Crippen molar-refractivity contribution in [1.82, 2.24) is 10.3 Å². The fourth-order valence-corrected chi connectivity index (χ4v) is 2.06. The molecule has 0 radical (unpaired) electrons. The Morgan fingerprint density at radius 3 is 2.71 bits per heavy atom. The lowest BCUT2D eigenvalue weighted by Gasteiger charge is -2.13. The Labute approximate surface area is 121 Å². The number of fused-ring (bicyclic) bond motifs is 1. The molecule has 1 heterocycles. The van der Waals surface area contributed by atoms with E-state index in [0.717, 1.165) is 6.07 Å². The standard InChI is InChI=1S/C15H17F2N3O/c1-8(2)19-13(21)7-18-12-6-9(3)20-15-10(12)4-5-11(16)14(15)17/h4-6,8H,7H2,1-3H3,(H,18,20)(H,19,21). The Kier molecular flexibility index (Phi) is 4.35. The minimum absolute atomic E-state index is 0.0400. The first-order valence-electron chi connectivity index (χ1n) is 6.67.